The van der Waals surface area contributed by atoms with Gasteiger partial charge in [-0.3, -0.25) is 9.59 Å². The molecule has 2 N–H and O–H groups in total. The predicted molar refractivity (Wildman–Crippen MR) is 92.0 cm³/mol. The molecule has 0 unspecified atom stereocenters. The van der Waals surface area contributed by atoms with Crippen LogP contribution in [-0.4, -0.2) is 11.8 Å². The summed E-state index contributed by atoms with van der Waals surface area (Å²) in [5, 5.41) is 5.37. The van der Waals surface area contributed by atoms with Crippen LogP contribution in [0.25, 0.3) is 0 Å². The molecular weight excluding hydrogens is 326 g/mol. The maximum absolute atomic E-state index is 13.9. The van der Waals surface area contributed by atoms with Gasteiger partial charge >= 0.3 is 0 Å². The Balaban J connectivity index is 2.02. The Morgan fingerprint density at radius 2 is 1.76 bits per heavy atom. The van der Waals surface area contributed by atoms with Crippen LogP contribution in [0.1, 0.15) is 37.4 Å². The molecule has 0 saturated carbocycles. The fourth-order valence-electron chi connectivity index (χ4n) is 2.52. The Kier molecular flexibility index (Phi) is 6.22. The molecule has 6 heteroatoms. The second kappa shape index (κ2) is 8.37. The molecule has 132 valence electrons. The first-order valence-electron chi connectivity index (χ1n) is 8.00. The van der Waals surface area contributed by atoms with Crippen LogP contribution in [0.2, 0.25) is 0 Å². The molecule has 0 aliphatic rings. The molecule has 0 heterocycles. The molecule has 4 nitrogen and oxygen atoms in total. The van der Waals surface area contributed by atoms with Crippen molar-refractivity contribution in [2.75, 3.05) is 5.32 Å². The first-order chi connectivity index (χ1) is 11.9. The minimum atomic E-state index is -0.596. The Hall–Kier alpha value is -2.76. The highest BCUT2D eigenvalue weighted by molar-refractivity contribution is 5.88. The molecule has 1 atom stereocenters. The van der Waals surface area contributed by atoms with Gasteiger partial charge in [0.05, 0.1) is 12.5 Å². The zero-order chi connectivity index (χ0) is 18.4. The van der Waals surface area contributed by atoms with E-state index in [2.05, 4.69) is 10.6 Å². The first-order valence-corrected chi connectivity index (χ1v) is 8.00. The summed E-state index contributed by atoms with van der Waals surface area (Å²) in [6.07, 6.45) is 0.543. The summed E-state index contributed by atoms with van der Waals surface area (Å²) in [7, 11) is 0. The van der Waals surface area contributed by atoms with Crippen molar-refractivity contribution in [2.24, 2.45) is 0 Å². The smallest absolute Gasteiger partial charge is 0.224 e. The predicted octanol–water partition coefficient (Wildman–Crippen LogP) is 3.73. The number of carbonyl (C=O) groups excluding carboxylic acids is 2. The maximum Gasteiger partial charge on any atom is 0.224 e. The molecule has 2 aromatic carbocycles. The molecule has 0 aliphatic carbocycles. The van der Waals surface area contributed by atoms with Crippen molar-refractivity contribution < 1.29 is 18.4 Å². The highest BCUT2D eigenvalue weighted by Gasteiger charge is 2.17. The van der Waals surface area contributed by atoms with Crippen LogP contribution in [0.5, 0.6) is 0 Å². The van der Waals surface area contributed by atoms with Crippen molar-refractivity contribution in [3.63, 3.8) is 0 Å². The summed E-state index contributed by atoms with van der Waals surface area (Å²) in [6, 6.07) is 9.47. The lowest BCUT2D eigenvalue weighted by atomic mass is 10.0. The van der Waals surface area contributed by atoms with E-state index in [-0.39, 0.29) is 23.8 Å². The van der Waals surface area contributed by atoms with E-state index in [1.54, 1.807) is 31.2 Å². The summed E-state index contributed by atoms with van der Waals surface area (Å²) >= 11 is 0. The number of amides is 2. The van der Waals surface area contributed by atoms with Gasteiger partial charge in [0.25, 0.3) is 0 Å². The van der Waals surface area contributed by atoms with Gasteiger partial charge in [-0.25, -0.2) is 8.78 Å². The average Bonchev–Trinajstić information content (AvgIpc) is 2.56. The Morgan fingerprint density at radius 1 is 1.08 bits per heavy atom. The van der Waals surface area contributed by atoms with Gasteiger partial charge < -0.3 is 10.6 Å². The van der Waals surface area contributed by atoms with Gasteiger partial charge in [0.2, 0.25) is 11.8 Å². The van der Waals surface area contributed by atoms with Crippen LogP contribution in [0.4, 0.5) is 14.5 Å². The highest BCUT2D eigenvalue weighted by Crippen LogP contribution is 2.21. The van der Waals surface area contributed by atoms with E-state index in [1.807, 2.05) is 0 Å². The van der Waals surface area contributed by atoms with Gasteiger partial charge in [0.15, 0.2) is 0 Å². The van der Waals surface area contributed by atoms with E-state index in [9.17, 15) is 18.4 Å². The second-order valence-corrected chi connectivity index (χ2v) is 5.75. The van der Waals surface area contributed by atoms with Gasteiger partial charge in [0, 0.05) is 18.2 Å². The molecule has 0 radical (unpaired) electrons. The first kappa shape index (κ1) is 18.6. The van der Waals surface area contributed by atoms with Crippen molar-refractivity contribution in [3.05, 3.63) is 65.2 Å². The molecule has 2 aromatic rings. The number of carbonyl (C=O) groups is 2. The number of nitrogens with one attached hydrogen (secondary N) is 2. The molecule has 0 aromatic heterocycles. The average molecular weight is 346 g/mol. The minimum absolute atomic E-state index is 0.105. The van der Waals surface area contributed by atoms with Gasteiger partial charge in [-0.2, -0.15) is 0 Å². The maximum atomic E-state index is 13.9. The zero-order valence-corrected chi connectivity index (χ0v) is 14.1. The number of hydrogen-bond acceptors (Lipinski definition) is 2. The number of hydrogen-bond donors (Lipinski definition) is 2. The molecule has 25 heavy (non-hydrogen) atoms. The third-order valence-electron chi connectivity index (χ3n) is 3.72. The van der Waals surface area contributed by atoms with Crippen molar-refractivity contribution in [3.8, 4) is 0 Å². The number of rotatable bonds is 6. The van der Waals surface area contributed by atoms with Gasteiger partial charge in [-0.15, -0.1) is 0 Å². The minimum Gasteiger partial charge on any atom is -0.349 e. The molecule has 2 rings (SSSR count). The van der Waals surface area contributed by atoms with Crippen molar-refractivity contribution >= 4 is 17.5 Å². The lowest BCUT2D eigenvalue weighted by molar-refractivity contribution is -0.121. The van der Waals surface area contributed by atoms with Crippen LogP contribution in [0.15, 0.2) is 42.5 Å². The number of benzene rings is 2. The highest BCUT2D eigenvalue weighted by atomic mass is 19.1. The van der Waals surface area contributed by atoms with Crippen LogP contribution < -0.4 is 10.6 Å². The molecule has 0 aliphatic heterocycles. The molecule has 0 saturated heterocycles. The fourth-order valence-corrected chi connectivity index (χ4v) is 2.52. The Morgan fingerprint density at radius 3 is 2.36 bits per heavy atom. The van der Waals surface area contributed by atoms with Gasteiger partial charge in [-0.1, -0.05) is 19.1 Å². The van der Waals surface area contributed by atoms with Crippen molar-refractivity contribution in [1.29, 1.82) is 0 Å². The third kappa shape index (κ3) is 5.38. The number of halogens is 2. The van der Waals surface area contributed by atoms with E-state index in [0.29, 0.717) is 12.1 Å². The van der Waals surface area contributed by atoms with Gasteiger partial charge in [-0.05, 0) is 42.3 Å². The normalized spacial score (nSPS) is 11.7. The summed E-state index contributed by atoms with van der Waals surface area (Å²) in [5.41, 5.74) is 1.53. The summed E-state index contributed by atoms with van der Waals surface area (Å²) in [5.74, 6) is -1.55. The molecule has 0 spiro atoms. The van der Waals surface area contributed by atoms with Crippen LogP contribution in [-0.2, 0) is 16.0 Å². The molecular formula is C19H20F2N2O2. The Labute approximate surface area is 145 Å². The second-order valence-electron chi connectivity index (χ2n) is 5.75. The standard InChI is InChI=1S/C19H20F2N2O2/c1-3-18(16-11-14(20)6-9-17(16)21)23-19(25)10-13-4-7-15(8-5-13)22-12(2)24/h4-9,11,18H,3,10H2,1-2H3,(H,22,24)(H,23,25)/t18-/m1/s1. The van der Waals surface area contributed by atoms with E-state index in [0.717, 1.165) is 23.8 Å². The van der Waals surface area contributed by atoms with Gasteiger partial charge in [0.1, 0.15) is 11.6 Å². The zero-order valence-electron chi connectivity index (χ0n) is 14.1. The molecule has 0 bridgehead atoms. The van der Waals surface area contributed by atoms with Crippen LogP contribution in [0.3, 0.4) is 0 Å². The fraction of sp³-hybridized carbons (Fsp3) is 0.263. The van der Waals surface area contributed by atoms with Crippen LogP contribution in [0, 0.1) is 11.6 Å². The lowest BCUT2D eigenvalue weighted by Gasteiger charge is -2.18. The summed E-state index contributed by atoms with van der Waals surface area (Å²) in [4.78, 5) is 23.2. The van der Waals surface area contributed by atoms with E-state index < -0.39 is 17.7 Å². The SMILES string of the molecule is CC[C@@H](NC(=O)Cc1ccc(NC(C)=O)cc1)c1cc(F)ccc1F. The van der Waals surface area contributed by atoms with E-state index in [1.165, 1.54) is 6.92 Å². The van der Waals surface area contributed by atoms with Crippen LogP contribution >= 0.6 is 0 Å². The lowest BCUT2D eigenvalue weighted by Crippen LogP contribution is -2.30. The molecule has 2 amide bonds. The van der Waals surface area contributed by atoms with E-state index in [4.69, 9.17) is 0 Å². The van der Waals surface area contributed by atoms with E-state index >= 15 is 0 Å². The molecule has 0 fully saturated rings. The topological polar surface area (TPSA) is 58.2 Å². The third-order valence-corrected chi connectivity index (χ3v) is 3.72. The largest absolute Gasteiger partial charge is 0.349 e. The summed E-state index contributed by atoms with van der Waals surface area (Å²) < 4.78 is 27.2. The van der Waals surface area contributed by atoms with Crippen molar-refractivity contribution in [2.45, 2.75) is 32.7 Å². The monoisotopic (exact) mass is 346 g/mol. The number of anilines is 1. The summed E-state index contributed by atoms with van der Waals surface area (Å²) in [6.45, 7) is 3.20. The quantitative estimate of drug-likeness (QED) is 0.837. The Bertz CT molecular complexity index is 761. The van der Waals surface area contributed by atoms with Crippen molar-refractivity contribution in [1.82, 2.24) is 5.32 Å².